The van der Waals surface area contributed by atoms with E-state index in [1.165, 1.54) is 13.3 Å². The van der Waals surface area contributed by atoms with Gasteiger partial charge in [0, 0.05) is 17.3 Å². The van der Waals surface area contributed by atoms with Gasteiger partial charge in [-0.1, -0.05) is 5.16 Å². The number of ether oxygens (including phenoxy) is 4. The molecule has 0 aromatic heterocycles. The van der Waals surface area contributed by atoms with E-state index in [2.05, 4.69) is 10.5 Å². The number of benzene rings is 2. The molecule has 2 rings (SSSR count). The molecule has 0 bridgehead atoms. The van der Waals surface area contributed by atoms with E-state index in [4.69, 9.17) is 23.8 Å². The van der Waals surface area contributed by atoms with Crippen LogP contribution in [0.15, 0.2) is 41.6 Å². The Balaban J connectivity index is 1.92. The van der Waals surface area contributed by atoms with Gasteiger partial charge < -0.3 is 29.1 Å². The number of anilines is 1. The topological polar surface area (TPSA) is 87.6 Å². The molecule has 0 aliphatic carbocycles. The highest BCUT2D eigenvalue weighted by atomic mass is 16.6. The van der Waals surface area contributed by atoms with Crippen molar-refractivity contribution in [2.24, 2.45) is 5.16 Å². The van der Waals surface area contributed by atoms with Crippen LogP contribution in [0.1, 0.15) is 5.56 Å². The van der Waals surface area contributed by atoms with Gasteiger partial charge >= 0.3 is 0 Å². The summed E-state index contributed by atoms with van der Waals surface area (Å²) >= 11 is 0. The van der Waals surface area contributed by atoms with Crippen LogP contribution in [0.3, 0.4) is 0 Å². The smallest absolute Gasteiger partial charge is 0.265 e. The van der Waals surface area contributed by atoms with Crippen LogP contribution in [0.4, 0.5) is 5.69 Å². The Morgan fingerprint density at radius 3 is 2.30 bits per heavy atom. The summed E-state index contributed by atoms with van der Waals surface area (Å²) in [6, 6.07) is 10.3. The van der Waals surface area contributed by atoms with Gasteiger partial charge in [-0.25, -0.2) is 0 Å². The van der Waals surface area contributed by atoms with Gasteiger partial charge in [-0.15, -0.1) is 0 Å². The minimum absolute atomic E-state index is 0.253. The van der Waals surface area contributed by atoms with Crippen LogP contribution in [0, 0.1) is 0 Å². The summed E-state index contributed by atoms with van der Waals surface area (Å²) < 4.78 is 20.7. The van der Waals surface area contributed by atoms with E-state index in [0.717, 1.165) is 0 Å². The molecule has 1 amide bonds. The van der Waals surface area contributed by atoms with Crippen LogP contribution < -0.4 is 24.3 Å². The molecule has 0 unspecified atom stereocenters. The second-order valence-electron chi connectivity index (χ2n) is 5.23. The Bertz CT molecular complexity index is 807. The lowest BCUT2D eigenvalue weighted by Crippen LogP contribution is -2.17. The molecule has 27 heavy (non-hydrogen) atoms. The van der Waals surface area contributed by atoms with Crippen molar-refractivity contribution in [3.05, 3.63) is 42.0 Å². The molecule has 0 saturated carbocycles. The fourth-order valence-electron chi connectivity index (χ4n) is 2.24. The SMILES string of the molecule is COc1ccc(OC)c(/C=N\OCC(=O)Nc2ccc(OC)c(OC)c2)c1. The number of methoxy groups -OCH3 is 4. The van der Waals surface area contributed by atoms with Gasteiger partial charge in [0.15, 0.2) is 18.1 Å². The lowest BCUT2D eigenvalue weighted by molar-refractivity contribution is -0.120. The second kappa shape index (κ2) is 9.91. The predicted molar refractivity (Wildman–Crippen MR) is 101 cm³/mol. The molecule has 2 aromatic carbocycles. The fourth-order valence-corrected chi connectivity index (χ4v) is 2.24. The van der Waals surface area contributed by atoms with E-state index < -0.39 is 0 Å². The first-order chi connectivity index (χ1) is 13.1. The quantitative estimate of drug-likeness (QED) is 0.536. The molecular formula is C19H22N2O6. The number of amides is 1. The third kappa shape index (κ3) is 5.53. The number of hydrogen-bond acceptors (Lipinski definition) is 7. The third-order valence-electron chi connectivity index (χ3n) is 3.57. The molecule has 0 aliphatic heterocycles. The molecular weight excluding hydrogens is 352 g/mol. The Hall–Kier alpha value is -3.42. The van der Waals surface area contributed by atoms with Crippen molar-refractivity contribution in [3.8, 4) is 23.0 Å². The molecule has 8 heteroatoms. The van der Waals surface area contributed by atoms with Gasteiger partial charge in [-0.2, -0.15) is 0 Å². The average molecular weight is 374 g/mol. The molecule has 2 aromatic rings. The lowest BCUT2D eigenvalue weighted by Gasteiger charge is -2.10. The summed E-state index contributed by atoms with van der Waals surface area (Å²) in [4.78, 5) is 17.0. The van der Waals surface area contributed by atoms with Crippen LogP contribution >= 0.6 is 0 Å². The fraction of sp³-hybridized carbons (Fsp3) is 0.263. The van der Waals surface area contributed by atoms with E-state index in [0.29, 0.717) is 34.2 Å². The van der Waals surface area contributed by atoms with E-state index in [1.807, 2.05) is 0 Å². The van der Waals surface area contributed by atoms with Crippen molar-refractivity contribution >= 4 is 17.8 Å². The van der Waals surface area contributed by atoms with Crippen LogP contribution in [0.2, 0.25) is 0 Å². The lowest BCUT2D eigenvalue weighted by atomic mass is 10.2. The van der Waals surface area contributed by atoms with Crippen molar-refractivity contribution in [1.29, 1.82) is 0 Å². The monoisotopic (exact) mass is 374 g/mol. The summed E-state index contributed by atoms with van der Waals surface area (Å²) in [6.45, 7) is -0.253. The number of carbonyl (C=O) groups excluding carboxylic acids is 1. The maximum atomic E-state index is 12.0. The van der Waals surface area contributed by atoms with Crippen molar-refractivity contribution in [2.45, 2.75) is 0 Å². The first kappa shape index (κ1) is 19.9. The van der Waals surface area contributed by atoms with Gasteiger partial charge in [0.2, 0.25) is 0 Å². The molecule has 0 fully saturated rings. The number of carbonyl (C=O) groups is 1. The zero-order chi connectivity index (χ0) is 19.6. The highest BCUT2D eigenvalue weighted by molar-refractivity contribution is 5.92. The van der Waals surface area contributed by atoms with Gasteiger partial charge in [0.05, 0.1) is 34.7 Å². The number of hydrogen-bond donors (Lipinski definition) is 1. The minimum atomic E-state index is -0.364. The third-order valence-corrected chi connectivity index (χ3v) is 3.57. The van der Waals surface area contributed by atoms with Crippen LogP contribution in [0.25, 0.3) is 0 Å². The average Bonchev–Trinajstić information content (AvgIpc) is 2.70. The predicted octanol–water partition coefficient (Wildman–Crippen LogP) is 2.71. The van der Waals surface area contributed by atoms with Gasteiger partial charge in [0.1, 0.15) is 11.5 Å². The van der Waals surface area contributed by atoms with Gasteiger partial charge in [-0.05, 0) is 30.3 Å². The number of oxime groups is 1. The zero-order valence-corrected chi connectivity index (χ0v) is 15.6. The molecule has 0 radical (unpaired) electrons. The van der Waals surface area contributed by atoms with Crippen molar-refractivity contribution < 1.29 is 28.6 Å². The van der Waals surface area contributed by atoms with E-state index >= 15 is 0 Å². The number of nitrogens with zero attached hydrogens (tertiary/aromatic N) is 1. The summed E-state index contributed by atoms with van der Waals surface area (Å²) in [7, 11) is 6.18. The molecule has 0 spiro atoms. The van der Waals surface area contributed by atoms with Crippen molar-refractivity contribution in [3.63, 3.8) is 0 Å². The maximum absolute atomic E-state index is 12.0. The summed E-state index contributed by atoms with van der Waals surface area (Å²) in [5.74, 6) is 1.99. The molecule has 0 saturated heterocycles. The van der Waals surface area contributed by atoms with Crippen LogP contribution in [-0.4, -0.2) is 47.2 Å². The highest BCUT2D eigenvalue weighted by Crippen LogP contribution is 2.29. The van der Waals surface area contributed by atoms with Crippen LogP contribution in [-0.2, 0) is 9.63 Å². The molecule has 0 heterocycles. The normalized spacial score (nSPS) is 10.4. The molecule has 0 atom stereocenters. The summed E-state index contributed by atoms with van der Waals surface area (Å²) in [5.41, 5.74) is 1.22. The Morgan fingerprint density at radius 1 is 0.926 bits per heavy atom. The standard InChI is InChI=1S/C19H22N2O6/c1-23-15-6-8-16(24-2)13(9-15)11-20-27-12-19(22)21-14-5-7-17(25-3)18(10-14)26-4/h5-11H,12H2,1-4H3,(H,21,22)/b20-11-. The minimum Gasteiger partial charge on any atom is -0.497 e. The summed E-state index contributed by atoms with van der Waals surface area (Å²) in [5, 5.41) is 6.49. The Labute approximate surface area is 157 Å². The number of rotatable bonds is 9. The second-order valence-corrected chi connectivity index (χ2v) is 5.23. The molecule has 144 valence electrons. The molecule has 1 N–H and O–H groups in total. The molecule has 0 aliphatic rings. The maximum Gasteiger partial charge on any atom is 0.265 e. The first-order valence-electron chi connectivity index (χ1n) is 8.00. The Kier molecular flexibility index (Phi) is 7.30. The van der Waals surface area contributed by atoms with Gasteiger partial charge in [0.25, 0.3) is 5.91 Å². The van der Waals surface area contributed by atoms with Crippen LogP contribution in [0.5, 0.6) is 23.0 Å². The van der Waals surface area contributed by atoms with E-state index in [-0.39, 0.29) is 12.5 Å². The summed E-state index contributed by atoms with van der Waals surface area (Å²) in [6.07, 6.45) is 1.45. The van der Waals surface area contributed by atoms with Crippen molar-refractivity contribution in [1.82, 2.24) is 0 Å². The zero-order valence-electron chi connectivity index (χ0n) is 15.6. The van der Waals surface area contributed by atoms with E-state index in [9.17, 15) is 4.79 Å². The van der Waals surface area contributed by atoms with Crippen molar-refractivity contribution in [2.75, 3.05) is 40.4 Å². The molecule has 8 nitrogen and oxygen atoms in total. The largest absolute Gasteiger partial charge is 0.497 e. The van der Waals surface area contributed by atoms with E-state index in [1.54, 1.807) is 57.7 Å². The highest BCUT2D eigenvalue weighted by Gasteiger charge is 2.08. The van der Waals surface area contributed by atoms with Gasteiger partial charge in [-0.3, -0.25) is 4.79 Å². The Morgan fingerprint density at radius 2 is 1.63 bits per heavy atom. The first-order valence-corrected chi connectivity index (χ1v) is 8.00. The number of nitrogens with one attached hydrogen (secondary N) is 1.